The highest BCUT2D eigenvalue weighted by atomic mass is 16.5. The van der Waals surface area contributed by atoms with E-state index in [9.17, 15) is 0 Å². The van der Waals surface area contributed by atoms with Crippen molar-refractivity contribution in [3.8, 4) is 5.69 Å². The van der Waals surface area contributed by atoms with Crippen LogP contribution in [0.5, 0.6) is 0 Å². The van der Waals surface area contributed by atoms with Crippen LogP contribution >= 0.6 is 0 Å². The summed E-state index contributed by atoms with van der Waals surface area (Å²) in [5.41, 5.74) is 2.31. The first-order valence-corrected chi connectivity index (χ1v) is 6.35. The molecule has 1 N–H and O–H groups in total. The minimum Gasteiger partial charge on any atom is -0.383 e. The van der Waals surface area contributed by atoms with Gasteiger partial charge in [-0.25, -0.2) is 4.98 Å². The molecular weight excluding hydrogens is 238 g/mol. The Labute approximate surface area is 113 Å². The van der Waals surface area contributed by atoms with E-state index in [4.69, 9.17) is 4.74 Å². The van der Waals surface area contributed by atoms with Gasteiger partial charge in [-0.3, -0.25) is 0 Å². The topological polar surface area (TPSA) is 39.1 Å². The fourth-order valence-electron chi connectivity index (χ4n) is 1.72. The molecule has 0 atom stereocenters. The molecule has 0 unspecified atom stereocenters. The number of hydrogen-bond acceptors (Lipinski definition) is 3. The van der Waals surface area contributed by atoms with Crippen molar-refractivity contribution in [3.63, 3.8) is 0 Å². The maximum absolute atomic E-state index is 4.96. The Morgan fingerprint density at radius 2 is 2.16 bits per heavy atom. The quantitative estimate of drug-likeness (QED) is 0.772. The van der Waals surface area contributed by atoms with Crippen LogP contribution in [0.15, 0.2) is 49.1 Å². The minimum atomic E-state index is 0.743. The highest BCUT2D eigenvalue weighted by Gasteiger charge is 1.94. The van der Waals surface area contributed by atoms with E-state index in [1.165, 1.54) is 5.56 Å². The molecule has 0 radical (unpaired) electrons. The SMILES string of the molecule is COCCNCC=Cc1ccc(-n2ccnc2)cc1. The second kappa shape index (κ2) is 7.51. The molecule has 4 nitrogen and oxygen atoms in total. The molecule has 0 saturated carbocycles. The Bertz CT molecular complexity index is 489. The van der Waals surface area contributed by atoms with Gasteiger partial charge in [-0.2, -0.15) is 0 Å². The van der Waals surface area contributed by atoms with E-state index in [0.717, 1.165) is 25.4 Å². The Hall–Kier alpha value is -1.91. The molecule has 19 heavy (non-hydrogen) atoms. The third-order valence-corrected chi connectivity index (χ3v) is 2.75. The molecule has 4 heteroatoms. The van der Waals surface area contributed by atoms with E-state index in [0.29, 0.717) is 0 Å². The molecular formula is C15H19N3O. The molecule has 0 spiro atoms. The van der Waals surface area contributed by atoms with Crippen LogP contribution in [0.4, 0.5) is 0 Å². The predicted molar refractivity (Wildman–Crippen MR) is 77.3 cm³/mol. The van der Waals surface area contributed by atoms with Crippen LogP contribution < -0.4 is 5.32 Å². The number of nitrogens with one attached hydrogen (secondary N) is 1. The molecule has 2 aromatic rings. The second-order valence-electron chi connectivity index (χ2n) is 4.16. The monoisotopic (exact) mass is 257 g/mol. The molecule has 0 aliphatic carbocycles. The van der Waals surface area contributed by atoms with Crippen LogP contribution in [0.1, 0.15) is 5.56 Å². The van der Waals surface area contributed by atoms with Gasteiger partial charge in [-0.1, -0.05) is 24.3 Å². The normalized spacial score (nSPS) is 11.2. The van der Waals surface area contributed by atoms with Gasteiger partial charge in [0.25, 0.3) is 0 Å². The summed E-state index contributed by atoms with van der Waals surface area (Å²) in [5, 5.41) is 3.27. The van der Waals surface area contributed by atoms with Gasteiger partial charge in [0.2, 0.25) is 0 Å². The standard InChI is InChI=1S/C15H19N3O/c1-19-12-10-16-8-2-3-14-4-6-15(7-5-14)18-11-9-17-13-18/h2-7,9,11,13,16H,8,10,12H2,1H3. The first-order valence-electron chi connectivity index (χ1n) is 6.35. The van der Waals surface area contributed by atoms with Gasteiger partial charge in [0.1, 0.15) is 0 Å². The highest BCUT2D eigenvalue weighted by Crippen LogP contribution is 2.10. The molecule has 0 saturated heterocycles. The molecule has 0 bridgehead atoms. The summed E-state index contributed by atoms with van der Waals surface area (Å²) in [5.74, 6) is 0. The molecule has 1 aromatic heterocycles. The molecule has 1 aromatic carbocycles. The lowest BCUT2D eigenvalue weighted by molar-refractivity contribution is 0.200. The number of nitrogens with zero attached hydrogens (tertiary/aromatic N) is 2. The lowest BCUT2D eigenvalue weighted by Crippen LogP contribution is -2.18. The first-order chi connectivity index (χ1) is 9.40. The summed E-state index contributed by atoms with van der Waals surface area (Å²) in [6, 6.07) is 8.36. The highest BCUT2D eigenvalue weighted by molar-refractivity contribution is 5.51. The average Bonchev–Trinajstić information content (AvgIpc) is 2.97. The van der Waals surface area contributed by atoms with Crippen molar-refractivity contribution >= 4 is 6.08 Å². The van der Waals surface area contributed by atoms with Crippen LogP contribution in [0.3, 0.4) is 0 Å². The average molecular weight is 257 g/mol. The summed E-state index contributed by atoms with van der Waals surface area (Å²) >= 11 is 0. The van der Waals surface area contributed by atoms with E-state index in [1.807, 2.05) is 10.8 Å². The molecule has 100 valence electrons. The summed E-state index contributed by atoms with van der Waals surface area (Å²) in [7, 11) is 1.71. The lowest BCUT2D eigenvalue weighted by atomic mass is 10.2. The van der Waals surface area contributed by atoms with Crippen molar-refractivity contribution in [2.24, 2.45) is 0 Å². The smallest absolute Gasteiger partial charge is 0.0991 e. The van der Waals surface area contributed by atoms with Crippen molar-refractivity contribution in [3.05, 3.63) is 54.6 Å². The lowest BCUT2D eigenvalue weighted by Gasteiger charge is -2.02. The Morgan fingerprint density at radius 1 is 1.32 bits per heavy atom. The van der Waals surface area contributed by atoms with E-state index in [1.54, 1.807) is 19.6 Å². The van der Waals surface area contributed by atoms with E-state index >= 15 is 0 Å². The van der Waals surface area contributed by atoms with E-state index in [-0.39, 0.29) is 0 Å². The number of methoxy groups -OCH3 is 1. The number of aromatic nitrogens is 2. The molecule has 2 rings (SSSR count). The fourth-order valence-corrected chi connectivity index (χ4v) is 1.72. The molecule has 0 aliphatic heterocycles. The second-order valence-corrected chi connectivity index (χ2v) is 4.16. The zero-order valence-corrected chi connectivity index (χ0v) is 11.1. The number of ether oxygens (including phenoxy) is 1. The van der Waals surface area contributed by atoms with Crippen molar-refractivity contribution in [1.29, 1.82) is 0 Å². The van der Waals surface area contributed by atoms with E-state index in [2.05, 4.69) is 46.7 Å². The Balaban J connectivity index is 1.83. The Morgan fingerprint density at radius 3 is 2.84 bits per heavy atom. The summed E-state index contributed by atoms with van der Waals surface area (Å²) in [6.45, 7) is 2.47. The number of hydrogen-bond donors (Lipinski definition) is 1. The van der Waals surface area contributed by atoms with E-state index < -0.39 is 0 Å². The number of imidazole rings is 1. The van der Waals surface area contributed by atoms with Crippen LogP contribution in [0.2, 0.25) is 0 Å². The maximum atomic E-state index is 4.96. The van der Waals surface area contributed by atoms with Crippen LogP contribution in [0.25, 0.3) is 11.8 Å². The molecule has 0 aliphatic rings. The van der Waals surface area contributed by atoms with Crippen molar-refractivity contribution in [2.45, 2.75) is 0 Å². The number of benzene rings is 1. The minimum absolute atomic E-state index is 0.743. The van der Waals surface area contributed by atoms with Gasteiger partial charge in [0, 0.05) is 38.3 Å². The molecule has 1 heterocycles. The summed E-state index contributed by atoms with van der Waals surface area (Å²) < 4.78 is 6.95. The summed E-state index contributed by atoms with van der Waals surface area (Å²) in [4.78, 5) is 4.04. The zero-order valence-electron chi connectivity index (χ0n) is 11.1. The number of rotatable bonds is 7. The van der Waals surface area contributed by atoms with Gasteiger partial charge < -0.3 is 14.6 Å². The van der Waals surface area contributed by atoms with Crippen LogP contribution in [-0.4, -0.2) is 36.4 Å². The summed E-state index contributed by atoms with van der Waals surface area (Å²) in [6.07, 6.45) is 9.73. The van der Waals surface area contributed by atoms with Gasteiger partial charge in [0.05, 0.1) is 12.9 Å². The van der Waals surface area contributed by atoms with Gasteiger partial charge in [0.15, 0.2) is 0 Å². The van der Waals surface area contributed by atoms with Crippen molar-refractivity contribution in [1.82, 2.24) is 14.9 Å². The van der Waals surface area contributed by atoms with Crippen molar-refractivity contribution in [2.75, 3.05) is 26.8 Å². The first kappa shape index (κ1) is 13.5. The molecule has 0 amide bonds. The molecule has 0 fully saturated rings. The predicted octanol–water partition coefficient (Wildman–Crippen LogP) is 2.12. The van der Waals surface area contributed by atoms with Gasteiger partial charge in [-0.15, -0.1) is 0 Å². The maximum Gasteiger partial charge on any atom is 0.0991 e. The largest absolute Gasteiger partial charge is 0.383 e. The fraction of sp³-hybridized carbons (Fsp3) is 0.267. The van der Waals surface area contributed by atoms with Crippen LogP contribution in [-0.2, 0) is 4.74 Å². The zero-order chi connectivity index (χ0) is 13.3. The Kier molecular flexibility index (Phi) is 5.34. The van der Waals surface area contributed by atoms with Gasteiger partial charge in [-0.05, 0) is 17.7 Å². The van der Waals surface area contributed by atoms with Crippen LogP contribution in [0, 0.1) is 0 Å². The van der Waals surface area contributed by atoms with Gasteiger partial charge >= 0.3 is 0 Å². The third-order valence-electron chi connectivity index (χ3n) is 2.75. The third kappa shape index (κ3) is 4.35. The van der Waals surface area contributed by atoms with Crippen molar-refractivity contribution < 1.29 is 4.74 Å².